The third-order valence-electron chi connectivity index (χ3n) is 5.95. The minimum Gasteiger partial charge on any atom is -0.493 e. The quantitative estimate of drug-likeness (QED) is 0.493. The maximum Gasteiger partial charge on any atom is 0.254 e. The molecule has 2 aromatic rings. The van der Waals surface area contributed by atoms with Crippen molar-refractivity contribution < 1.29 is 19.0 Å². The van der Waals surface area contributed by atoms with Crippen molar-refractivity contribution in [1.29, 1.82) is 0 Å². The molecule has 6 heteroatoms. The third-order valence-corrected chi connectivity index (χ3v) is 5.95. The predicted molar refractivity (Wildman–Crippen MR) is 132 cm³/mol. The van der Waals surface area contributed by atoms with Gasteiger partial charge in [0.2, 0.25) is 5.75 Å². The van der Waals surface area contributed by atoms with E-state index in [1.165, 1.54) is 12.8 Å². The lowest BCUT2D eigenvalue weighted by Crippen LogP contribution is -2.35. The van der Waals surface area contributed by atoms with Gasteiger partial charge in [0.05, 0.1) is 21.3 Å². The number of rotatable bonds is 11. The minimum absolute atomic E-state index is 0.0449. The molecule has 1 aliphatic rings. The highest BCUT2D eigenvalue weighted by molar-refractivity contribution is 5.96. The number of nitrogens with zero attached hydrogens (tertiary/aromatic N) is 2. The van der Waals surface area contributed by atoms with Crippen LogP contribution in [-0.4, -0.2) is 69.8 Å². The maximum absolute atomic E-state index is 13.6. The first-order valence-electron chi connectivity index (χ1n) is 11.6. The van der Waals surface area contributed by atoms with Crippen LogP contribution in [-0.2, 0) is 0 Å². The Morgan fingerprint density at radius 1 is 1.00 bits per heavy atom. The standard InChI is InChI=1S/C27H36N2O4/c1-21(17-22-11-6-5-7-12-22)20-29(16-10-15-28-13-8-9-14-28)27(30)23-18-24(31-2)26(33-4)25(19-23)32-3/h5-7,11-12,17-19H,8-10,13-16,20H2,1-4H3/b21-17+. The Bertz CT molecular complexity index is 911. The summed E-state index contributed by atoms with van der Waals surface area (Å²) in [6.07, 6.45) is 5.62. The Hall–Kier alpha value is -2.99. The number of carbonyl (C=O) groups excluding carboxylic acids is 1. The second kappa shape index (κ2) is 12.3. The summed E-state index contributed by atoms with van der Waals surface area (Å²) in [6, 6.07) is 13.7. The molecule has 1 heterocycles. The Morgan fingerprint density at radius 3 is 2.21 bits per heavy atom. The molecule has 0 spiro atoms. The fraction of sp³-hybridized carbons (Fsp3) is 0.444. The normalized spacial score (nSPS) is 14.2. The van der Waals surface area contributed by atoms with Crippen LogP contribution >= 0.6 is 0 Å². The van der Waals surface area contributed by atoms with E-state index in [0.29, 0.717) is 35.9 Å². The molecule has 33 heavy (non-hydrogen) atoms. The number of benzene rings is 2. The molecular weight excluding hydrogens is 416 g/mol. The van der Waals surface area contributed by atoms with Crippen LogP contribution in [0.15, 0.2) is 48.0 Å². The van der Waals surface area contributed by atoms with Gasteiger partial charge in [0.1, 0.15) is 0 Å². The number of methoxy groups -OCH3 is 3. The molecule has 2 aromatic carbocycles. The first-order valence-corrected chi connectivity index (χ1v) is 11.6. The van der Waals surface area contributed by atoms with Crippen LogP contribution in [0.4, 0.5) is 0 Å². The summed E-state index contributed by atoms with van der Waals surface area (Å²) >= 11 is 0. The Labute approximate surface area is 197 Å². The van der Waals surface area contributed by atoms with Crippen molar-refractivity contribution in [2.75, 3.05) is 54.1 Å². The molecule has 1 amide bonds. The summed E-state index contributed by atoms with van der Waals surface area (Å²) in [6.45, 7) is 6.65. The molecule has 3 rings (SSSR count). The zero-order valence-electron chi connectivity index (χ0n) is 20.3. The second-order valence-electron chi connectivity index (χ2n) is 8.44. The highest BCUT2D eigenvalue weighted by Gasteiger charge is 2.22. The topological polar surface area (TPSA) is 51.2 Å². The molecule has 0 saturated carbocycles. The second-order valence-corrected chi connectivity index (χ2v) is 8.44. The van der Waals surface area contributed by atoms with E-state index in [1.54, 1.807) is 33.5 Å². The van der Waals surface area contributed by atoms with Gasteiger partial charge in [-0.25, -0.2) is 0 Å². The fourth-order valence-electron chi connectivity index (χ4n) is 4.31. The van der Waals surface area contributed by atoms with Gasteiger partial charge in [-0.05, 0) is 63.5 Å². The monoisotopic (exact) mass is 452 g/mol. The van der Waals surface area contributed by atoms with E-state index in [9.17, 15) is 4.79 Å². The summed E-state index contributed by atoms with van der Waals surface area (Å²) in [5.41, 5.74) is 2.79. The van der Waals surface area contributed by atoms with Crippen molar-refractivity contribution in [3.05, 3.63) is 59.2 Å². The Morgan fingerprint density at radius 2 is 1.64 bits per heavy atom. The molecule has 0 aliphatic carbocycles. The largest absolute Gasteiger partial charge is 0.493 e. The minimum atomic E-state index is -0.0449. The van der Waals surface area contributed by atoms with Crippen LogP contribution in [0, 0.1) is 0 Å². The maximum atomic E-state index is 13.6. The van der Waals surface area contributed by atoms with Gasteiger partial charge in [-0.3, -0.25) is 4.79 Å². The van der Waals surface area contributed by atoms with Gasteiger partial charge in [0.15, 0.2) is 11.5 Å². The van der Waals surface area contributed by atoms with Crippen molar-refractivity contribution in [2.24, 2.45) is 0 Å². The van der Waals surface area contributed by atoms with Crippen LogP contribution in [0.3, 0.4) is 0 Å². The van der Waals surface area contributed by atoms with Gasteiger partial charge < -0.3 is 24.0 Å². The molecule has 0 bridgehead atoms. The van der Waals surface area contributed by atoms with Gasteiger partial charge in [-0.15, -0.1) is 0 Å². The summed E-state index contributed by atoms with van der Waals surface area (Å²) in [5.74, 6) is 1.40. The Kier molecular flexibility index (Phi) is 9.19. The van der Waals surface area contributed by atoms with E-state index in [2.05, 4.69) is 30.0 Å². The Balaban J connectivity index is 1.82. The number of amides is 1. The lowest BCUT2D eigenvalue weighted by molar-refractivity contribution is 0.0763. The van der Waals surface area contributed by atoms with E-state index in [4.69, 9.17) is 14.2 Å². The van der Waals surface area contributed by atoms with Crippen LogP contribution < -0.4 is 14.2 Å². The molecule has 1 saturated heterocycles. The van der Waals surface area contributed by atoms with Crippen molar-refractivity contribution >= 4 is 12.0 Å². The zero-order chi connectivity index (χ0) is 23.6. The molecule has 0 aromatic heterocycles. The van der Waals surface area contributed by atoms with Gasteiger partial charge in [0, 0.05) is 18.7 Å². The number of hydrogen-bond acceptors (Lipinski definition) is 5. The molecule has 1 aliphatic heterocycles. The summed E-state index contributed by atoms with van der Waals surface area (Å²) < 4.78 is 16.3. The van der Waals surface area contributed by atoms with E-state index < -0.39 is 0 Å². The van der Waals surface area contributed by atoms with E-state index in [1.807, 2.05) is 23.1 Å². The van der Waals surface area contributed by atoms with Gasteiger partial charge in [0.25, 0.3) is 5.91 Å². The summed E-state index contributed by atoms with van der Waals surface area (Å²) in [4.78, 5) is 18.0. The molecule has 0 radical (unpaired) electrons. The van der Waals surface area contributed by atoms with Crippen LogP contribution in [0.2, 0.25) is 0 Å². The number of carbonyl (C=O) groups is 1. The van der Waals surface area contributed by atoms with Crippen LogP contribution in [0.25, 0.3) is 6.08 Å². The SMILES string of the molecule is COc1cc(C(=O)N(CCCN2CCCC2)C/C(C)=C/c2ccccc2)cc(OC)c1OC. The van der Waals surface area contributed by atoms with Crippen molar-refractivity contribution in [3.8, 4) is 17.2 Å². The van der Waals surface area contributed by atoms with E-state index >= 15 is 0 Å². The van der Waals surface area contributed by atoms with Crippen LogP contribution in [0.1, 0.15) is 42.1 Å². The first kappa shape index (κ1) is 24.6. The first-order chi connectivity index (χ1) is 16.0. The van der Waals surface area contributed by atoms with Crippen LogP contribution in [0.5, 0.6) is 17.2 Å². The fourth-order valence-corrected chi connectivity index (χ4v) is 4.31. The average molecular weight is 453 g/mol. The van der Waals surface area contributed by atoms with Gasteiger partial charge >= 0.3 is 0 Å². The number of likely N-dealkylation sites (tertiary alicyclic amines) is 1. The highest BCUT2D eigenvalue weighted by Crippen LogP contribution is 2.38. The lowest BCUT2D eigenvalue weighted by atomic mass is 10.1. The summed E-state index contributed by atoms with van der Waals surface area (Å²) in [7, 11) is 4.68. The van der Waals surface area contributed by atoms with Crippen molar-refractivity contribution in [1.82, 2.24) is 9.80 Å². The third kappa shape index (κ3) is 6.75. The highest BCUT2D eigenvalue weighted by atomic mass is 16.5. The lowest BCUT2D eigenvalue weighted by Gasteiger charge is -2.25. The predicted octanol–water partition coefficient (Wildman–Crippen LogP) is 4.74. The van der Waals surface area contributed by atoms with E-state index in [-0.39, 0.29) is 5.91 Å². The smallest absolute Gasteiger partial charge is 0.254 e. The van der Waals surface area contributed by atoms with Gasteiger partial charge in [-0.1, -0.05) is 42.0 Å². The molecule has 0 N–H and O–H groups in total. The number of hydrogen-bond donors (Lipinski definition) is 0. The molecule has 178 valence electrons. The molecule has 0 unspecified atom stereocenters. The molecule has 0 atom stereocenters. The van der Waals surface area contributed by atoms with Crippen molar-refractivity contribution in [3.63, 3.8) is 0 Å². The molecule has 6 nitrogen and oxygen atoms in total. The zero-order valence-corrected chi connectivity index (χ0v) is 20.3. The number of ether oxygens (including phenoxy) is 3. The molecular formula is C27H36N2O4. The van der Waals surface area contributed by atoms with Gasteiger partial charge in [-0.2, -0.15) is 0 Å². The average Bonchev–Trinajstić information content (AvgIpc) is 3.36. The van der Waals surface area contributed by atoms with E-state index in [0.717, 1.165) is 37.2 Å². The van der Waals surface area contributed by atoms with Crippen molar-refractivity contribution in [2.45, 2.75) is 26.2 Å². The summed E-state index contributed by atoms with van der Waals surface area (Å²) in [5, 5.41) is 0. The molecule has 1 fully saturated rings.